The standard InChI is InChI=1S/C20H13BrN2O4/c1-25-18-9-13(11-22)5-7-17(18)27-20(24)14-6-8-19(23-12-14)26-16-4-2-3-15(21)10-16/h2-10,12H,1H3. The van der Waals surface area contributed by atoms with Crippen LogP contribution in [0, 0.1) is 11.3 Å². The Hall–Kier alpha value is -3.37. The van der Waals surface area contributed by atoms with Gasteiger partial charge in [0.05, 0.1) is 24.3 Å². The minimum absolute atomic E-state index is 0.218. The van der Waals surface area contributed by atoms with Crippen molar-refractivity contribution in [3.63, 3.8) is 0 Å². The topological polar surface area (TPSA) is 81.4 Å². The summed E-state index contributed by atoms with van der Waals surface area (Å²) in [5.74, 6) is 0.885. The molecule has 0 saturated carbocycles. The predicted molar refractivity (Wildman–Crippen MR) is 101 cm³/mol. The van der Waals surface area contributed by atoms with E-state index in [4.69, 9.17) is 19.5 Å². The number of rotatable bonds is 5. The highest BCUT2D eigenvalue weighted by Crippen LogP contribution is 2.29. The van der Waals surface area contributed by atoms with Gasteiger partial charge in [0.15, 0.2) is 11.5 Å². The largest absolute Gasteiger partial charge is 0.493 e. The third-order valence-corrected chi connectivity index (χ3v) is 3.98. The second kappa shape index (κ2) is 8.34. The van der Waals surface area contributed by atoms with Gasteiger partial charge in [-0.3, -0.25) is 0 Å². The number of halogens is 1. The number of aromatic nitrogens is 1. The van der Waals surface area contributed by atoms with Gasteiger partial charge in [-0.2, -0.15) is 5.26 Å². The molecule has 0 spiro atoms. The van der Waals surface area contributed by atoms with Crippen LogP contribution in [-0.4, -0.2) is 18.1 Å². The Morgan fingerprint density at radius 3 is 2.63 bits per heavy atom. The lowest BCUT2D eigenvalue weighted by Crippen LogP contribution is -2.09. The van der Waals surface area contributed by atoms with Gasteiger partial charge in [0, 0.05) is 22.8 Å². The summed E-state index contributed by atoms with van der Waals surface area (Å²) in [7, 11) is 1.43. The average Bonchev–Trinajstić information content (AvgIpc) is 2.69. The summed E-state index contributed by atoms with van der Waals surface area (Å²) in [6, 6.07) is 17.0. The van der Waals surface area contributed by atoms with Crippen molar-refractivity contribution in [2.75, 3.05) is 7.11 Å². The summed E-state index contributed by atoms with van der Waals surface area (Å²) >= 11 is 3.37. The number of esters is 1. The lowest BCUT2D eigenvalue weighted by Gasteiger charge is -2.09. The minimum atomic E-state index is -0.598. The first-order valence-corrected chi connectivity index (χ1v) is 8.58. The molecule has 0 aliphatic rings. The molecule has 0 fully saturated rings. The third-order valence-electron chi connectivity index (χ3n) is 3.49. The van der Waals surface area contributed by atoms with Crippen molar-refractivity contribution in [1.29, 1.82) is 5.26 Å². The van der Waals surface area contributed by atoms with E-state index in [1.807, 2.05) is 18.2 Å². The van der Waals surface area contributed by atoms with Gasteiger partial charge in [-0.05, 0) is 36.4 Å². The van der Waals surface area contributed by atoms with Crippen LogP contribution in [0.25, 0.3) is 0 Å². The number of carbonyl (C=O) groups excluding carboxylic acids is 1. The zero-order chi connectivity index (χ0) is 19.2. The number of nitriles is 1. The van der Waals surface area contributed by atoms with Crippen molar-refractivity contribution in [3.05, 3.63) is 76.4 Å². The van der Waals surface area contributed by atoms with Gasteiger partial charge in [0.25, 0.3) is 0 Å². The summed E-state index contributed by atoms with van der Waals surface area (Å²) in [6.45, 7) is 0. The van der Waals surface area contributed by atoms with E-state index in [1.165, 1.54) is 31.5 Å². The first kappa shape index (κ1) is 18.4. The Bertz CT molecular complexity index is 1010. The molecule has 6 nitrogen and oxygen atoms in total. The monoisotopic (exact) mass is 424 g/mol. The van der Waals surface area contributed by atoms with Crippen LogP contribution in [0.4, 0.5) is 0 Å². The minimum Gasteiger partial charge on any atom is -0.493 e. The molecule has 27 heavy (non-hydrogen) atoms. The molecule has 3 rings (SSSR count). The molecule has 134 valence electrons. The van der Waals surface area contributed by atoms with Crippen molar-refractivity contribution >= 4 is 21.9 Å². The summed E-state index contributed by atoms with van der Waals surface area (Å²) < 4.78 is 17.0. The van der Waals surface area contributed by atoms with Crippen molar-refractivity contribution in [2.45, 2.75) is 0 Å². The number of ether oxygens (including phenoxy) is 3. The maximum absolute atomic E-state index is 12.3. The van der Waals surface area contributed by atoms with E-state index in [1.54, 1.807) is 24.3 Å². The van der Waals surface area contributed by atoms with Crippen LogP contribution in [0.3, 0.4) is 0 Å². The molecule has 1 aromatic heterocycles. The molecule has 0 amide bonds. The summed E-state index contributed by atoms with van der Waals surface area (Å²) in [5, 5.41) is 8.92. The van der Waals surface area contributed by atoms with Gasteiger partial charge in [-0.1, -0.05) is 22.0 Å². The summed E-state index contributed by atoms with van der Waals surface area (Å²) in [5.41, 5.74) is 0.658. The summed E-state index contributed by atoms with van der Waals surface area (Å²) in [6.07, 6.45) is 1.37. The molecule has 0 unspecified atom stereocenters. The van der Waals surface area contributed by atoms with Crippen molar-refractivity contribution < 1.29 is 19.0 Å². The summed E-state index contributed by atoms with van der Waals surface area (Å²) in [4.78, 5) is 16.4. The van der Waals surface area contributed by atoms with Crippen LogP contribution >= 0.6 is 15.9 Å². The van der Waals surface area contributed by atoms with E-state index in [9.17, 15) is 4.79 Å². The number of hydrogen-bond acceptors (Lipinski definition) is 6. The van der Waals surface area contributed by atoms with Crippen LogP contribution < -0.4 is 14.2 Å². The van der Waals surface area contributed by atoms with E-state index < -0.39 is 5.97 Å². The first-order valence-electron chi connectivity index (χ1n) is 7.79. The molecule has 0 radical (unpaired) electrons. The van der Waals surface area contributed by atoms with Crippen molar-refractivity contribution in [3.8, 4) is 29.2 Å². The second-order valence-corrected chi connectivity index (χ2v) is 6.23. The Morgan fingerprint density at radius 1 is 1.11 bits per heavy atom. The van der Waals surface area contributed by atoms with Gasteiger partial charge in [0.1, 0.15) is 5.75 Å². The average molecular weight is 425 g/mol. The molecule has 0 aliphatic carbocycles. The highest BCUT2D eigenvalue weighted by molar-refractivity contribution is 9.10. The van der Waals surface area contributed by atoms with E-state index in [2.05, 4.69) is 20.9 Å². The quantitative estimate of drug-likeness (QED) is 0.434. The molecule has 3 aromatic rings. The van der Waals surface area contributed by atoms with E-state index >= 15 is 0 Å². The Kier molecular flexibility index (Phi) is 5.69. The molecule has 7 heteroatoms. The Morgan fingerprint density at radius 2 is 1.96 bits per heavy atom. The van der Waals surface area contributed by atoms with Crippen molar-refractivity contribution in [1.82, 2.24) is 4.98 Å². The molecule has 0 N–H and O–H groups in total. The molecule has 2 aromatic carbocycles. The highest BCUT2D eigenvalue weighted by atomic mass is 79.9. The van der Waals surface area contributed by atoms with Gasteiger partial charge >= 0.3 is 5.97 Å². The third kappa shape index (κ3) is 4.63. The number of hydrogen-bond donors (Lipinski definition) is 0. The first-order chi connectivity index (χ1) is 13.1. The van der Waals surface area contributed by atoms with E-state index in [0.717, 1.165) is 4.47 Å². The van der Waals surface area contributed by atoms with Gasteiger partial charge < -0.3 is 14.2 Å². The molecular formula is C20H13BrN2O4. The fraction of sp³-hybridized carbons (Fsp3) is 0.0500. The molecular weight excluding hydrogens is 412 g/mol. The molecule has 0 saturated heterocycles. The SMILES string of the molecule is COc1cc(C#N)ccc1OC(=O)c1ccc(Oc2cccc(Br)c2)nc1. The zero-order valence-electron chi connectivity index (χ0n) is 14.2. The number of carbonyl (C=O) groups is 1. The maximum atomic E-state index is 12.3. The van der Waals surface area contributed by atoms with Crippen LogP contribution in [0.15, 0.2) is 65.3 Å². The Labute approximate surface area is 164 Å². The van der Waals surface area contributed by atoms with E-state index in [-0.39, 0.29) is 11.3 Å². The second-order valence-electron chi connectivity index (χ2n) is 5.31. The van der Waals surface area contributed by atoms with E-state index in [0.29, 0.717) is 22.9 Å². The lowest BCUT2D eigenvalue weighted by atomic mass is 10.2. The van der Waals surface area contributed by atoms with Gasteiger partial charge in [-0.25, -0.2) is 9.78 Å². The van der Waals surface area contributed by atoms with Crippen LogP contribution in [0.2, 0.25) is 0 Å². The number of methoxy groups -OCH3 is 1. The smallest absolute Gasteiger partial charge is 0.345 e. The predicted octanol–water partition coefficient (Wildman–Crippen LogP) is 4.74. The van der Waals surface area contributed by atoms with Crippen LogP contribution in [0.1, 0.15) is 15.9 Å². The fourth-order valence-corrected chi connectivity index (χ4v) is 2.57. The van der Waals surface area contributed by atoms with Gasteiger partial charge in [0.2, 0.25) is 5.88 Å². The normalized spacial score (nSPS) is 9.96. The molecule has 0 bridgehead atoms. The van der Waals surface area contributed by atoms with Crippen molar-refractivity contribution in [2.24, 2.45) is 0 Å². The van der Waals surface area contributed by atoms with Crippen LogP contribution in [-0.2, 0) is 0 Å². The van der Waals surface area contributed by atoms with Crippen LogP contribution in [0.5, 0.6) is 23.1 Å². The lowest BCUT2D eigenvalue weighted by molar-refractivity contribution is 0.0729. The maximum Gasteiger partial charge on any atom is 0.345 e. The molecule has 0 aliphatic heterocycles. The zero-order valence-corrected chi connectivity index (χ0v) is 15.8. The fourth-order valence-electron chi connectivity index (χ4n) is 2.19. The highest BCUT2D eigenvalue weighted by Gasteiger charge is 2.14. The van der Waals surface area contributed by atoms with Gasteiger partial charge in [-0.15, -0.1) is 0 Å². The molecule has 0 atom stereocenters. The Balaban J connectivity index is 1.72. The number of nitrogens with zero attached hydrogens (tertiary/aromatic N) is 2. The molecule has 1 heterocycles. The number of benzene rings is 2. The number of pyridine rings is 1.